The number of benzene rings is 2. The highest BCUT2D eigenvalue weighted by atomic mass is 35.5. The zero-order chi connectivity index (χ0) is 19.8. The largest absolute Gasteiger partial charge is 0.389 e. The van der Waals surface area contributed by atoms with Gasteiger partial charge < -0.3 is 19.9 Å². The smallest absolute Gasteiger partial charge is 0.0898 e. The summed E-state index contributed by atoms with van der Waals surface area (Å²) < 4.78 is 11.4. The molecular weight excluding hydrogens is 374 g/mol. The number of hydrogen-bond acceptors (Lipinski definition) is 4. The van der Waals surface area contributed by atoms with E-state index in [-0.39, 0.29) is 18.8 Å². The van der Waals surface area contributed by atoms with Crippen molar-refractivity contribution < 1.29 is 14.6 Å². The molecule has 5 heteroatoms. The Kier molecular flexibility index (Phi) is 8.31. The maximum atomic E-state index is 10.4. The minimum Gasteiger partial charge on any atom is -0.389 e. The first-order valence-electron chi connectivity index (χ1n) is 10.0. The number of halogens is 1. The Labute approximate surface area is 172 Å². The molecule has 0 aromatic heterocycles. The topological polar surface area (TPSA) is 50.7 Å². The minimum absolute atomic E-state index is 0.0903. The van der Waals surface area contributed by atoms with Crippen molar-refractivity contribution in [3.63, 3.8) is 0 Å². The maximum absolute atomic E-state index is 10.4. The van der Waals surface area contributed by atoms with Gasteiger partial charge in [0.25, 0.3) is 0 Å². The summed E-state index contributed by atoms with van der Waals surface area (Å²) in [6.45, 7) is 4.43. The van der Waals surface area contributed by atoms with Crippen LogP contribution in [0.15, 0.2) is 54.6 Å². The number of hydrogen-bond donors (Lipinski definition) is 2. The van der Waals surface area contributed by atoms with Crippen molar-refractivity contribution in [2.75, 3.05) is 26.4 Å². The van der Waals surface area contributed by atoms with Crippen LogP contribution in [0.4, 0.5) is 0 Å². The van der Waals surface area contributed by atoms with Gasteiger partial charge in [-0.1, -0.05) is 54.1 Å². The molecule has 2 N–H and O–H groups in total. The molecule has 2 aromatic carbocycles. The molecule has 0 amide bonds. The Balaban J connectivity index is 1.48. The van der Waals surface area contributed by atoms with E-state index in [1.165, 1.54) is 5.56 Å². The van der Waals surface area contributed by atoms with Gasteiger partial charge in [0, 0.05) is 30.8 Å². The average Bonchev–Trinajstić information content (AvgIpc) is 3.23. The summed E-state index contributed by atoms with van der Waals surface area (Å²) in [6.07, 6.45) is 1.46. The van der Waals surface area contributed by atoms with E-state index >= 15 is 0 Å². The van der Waals surface area contributed by atoms with Gasteiger partial charge in [0.1, 0.15) is 0 Å². The van der Waals surface area contributed by atoms with E-state index in [1.807, 2.05) is 37.3 Å². The molecule has 0 bridgehead atoms. The minimum atomic E-state index is -0.569. The van der Waals surface area contributed by atoms with E-state index < -0.39 is 6.10 Å². The highest BCUT2D eigenvalue weighted by Crippen LogP contribution is 2.26. The van der Waals surface area contributed by atoms with Crippen LogP contribution >= 0.6 is 11.6 Å². The van der Waals surface area contributed by atoms with E-state index in [0.717, 1.165) is 31.6 Å². The van der Waals surface area contributed by atoms with Crippen LogP contribution in [0.2, 0.25) is 5.02 Å². The van der Waals surface area contributed by atoms with E-state index in [4.69, 9.17) is 21.1 Å². The summed E-state index contributed by atoms with van der Waals surface area (Å²) in [6, 6.07) is 18.2. The van der Waals surface area contributed by atoms with Gasteiger partial charge >= 0.3 is 0 Å². The van der Waals surface area contributed by atoms with Crippen molar-refractivity contribution in [2.45, 2.75) is 38.0 Å². The quantitative estimate of drug-likeness (QED) is 0.611. The monoisotopic (exact) mass is 403 g/mol. The molecule has 4 unspecified atom stereocenters. The summed E-state index contributed by atoms with van der Waals surface area (Å²) >= 11 is 5.93. The first kappa shape index (κ1) is 21.3. The zero-order valence-electron chi connectivity index (χ0n) is 16.4. The third-order valence-electron chi connectivity index (χ3n) is 5.27. The highest BCUT2D eigenvalue weighted by Gasteiger charge is 2.22. The fourth-order valence-corrected chi connectivity index (χ4v) is 3.67. The van der Waals surface area contributed by atoms with Crippen LogP contribution in [0.1, 0.15) is 43.0 Å². The highest BCUT2D eigenvalue weighted by molar-refractivity contribution is 6.30. The molecule has 0 aliphatic carbocycles. The maximum Gasteiger partial charge on any atom is 0.0898 e. The standard InChI is InChI=1S/C23H30ClNO3/c1-17(19-7-9-21(24)10-8-19)28-16-22(26)14-25-23(13-18-11-12-27-15-18)20-5-3-2-4-6-20/h2-10,17-18,22-23,25-26H,11-16H2,1H3. The fourth-order valence-electron chi connectivity index (χ4n) is 3.55. The van der Waals surface area contributed by atoms with Crippen LogP contribution in [-0.4, -0.2) is 37.6 Å². The Morgan fingerprint density at radius 1 is 1.14 bits per heavy atom. The third-order valence-corrected chi connectivity index (χ3v) is 5.52. The molecule has 1 saturated heterocycles. The van der Waals surface area contributed by atoms with Crippen LogP contribution < -0.4 is 5.32 Å². The van der Waals surface area contributed by atoms with Gasteiger partial charge in [0.05, 0.1) is 18.8 Å². The molecule has 2 aromatic rings. The SMILES string of the molecule is CC(OCC(O)CNC(CC1CCOC1)c1ccccc1)c1ccc(Cl)cc1. The summed E-state index contributed by atoms with van der Waals surface area (Å²) in [5.41, 5.74) is 2.30. The summed E-state index contributed by atoms with van der Waals surface area (Å²) in [7, 11) is 0. The van der Waals surface area contributed by atoms with Crippen LogP contribution in [-0.2, 0) is 9.47 Å². The second-order valence-corrected chi connectivity index (χ2v) is 7.95. The molecule has 4 atom stereocenters. The average molecular weight is 404 g/mol. The number of rotatable bonds is 10. The van der Waals surface area contributed by atoms with E-state index in [1.54, 1.807) is 0 Å². The fraction of sp³-hybridized carbons (Fsp3) is 0.478. The molecule has 1 heterocycles. The number of aliphatic hydroxyl groups excluding tert-OH is 1. The predicted octanol–water partition coefficient (Wildman–Crippen LogP) is 4.54. The summed E-state index contributed by atoms with van der Waals surface area (Å²) in [5.74, 6) is 0.566. The summed E-state index contributed by atoms with van der Waals surface area (Å²) in [4.78, 5) is 0. The molecule has 4 nitrogen and oxygen atoms in total. The summed E-state index contributed by atoms with van der Waals surface area (Å²) in [5, 5.41) is 14.7. The molecule has 1 aliphatic heterocycles. The van der Waals surface area contributed by atoms with Crippen molar-refractivity contribution in [1.82, 2.24) is 5.32 Å². The van der Waals surface area contributed by atoms with Gasteiger partial charge in [-0.25, -0.2) is 0 Å². The van der Waals surface area contributed by atoms with Crippen molar-refractivity contribution in [3.05, 3.63) is 70.7 Å². The second-order valence-electron chi connectivity index (χ2n) is 7.52. The third kappa shape index (κ3) is 6.57. The number of ether oxygens (including phenoxy) is 2. The van der Waals surface area contributed by atoms with Gasteiger partial charge in [-0.2, -0.15) is 0 Å². The Morgan fingerprint density at radius 3 is 2.57 bits per heavy atom. The zero-order valence-corrected chi connectivity index (χ0v) is 17.1. The van der Waals surface area contributed by atoms with Crippen molar-refractivity contribution >= 4 is 11.6 Å². The van der Waals surface area contributed by atoms with Gasteiger partial charge in [0.2, 0.25) is 0 Å². The van der Waals surface area contributed by atoms with Gasteiger partial charge in [-0.15, -0.1) is 0 Å². The number of aliphatic hydroxyl groups is 1. The van der Waals surface area contributed by atoms with E-state index in [0.29, 0.717) is 17.5 Å². The van der Waals surface area contributed by atoms with Crippen LogP contribution in [0, 0.1) is 5.92 Å². The molecule has 1 fully saturated rings. The van der Waals surface area contributed by atoms with Gasteiger partial charge in [0.15, 0.2) is 0 Å². The second kappa shape index (κ2) is 10.9. The molecule has 28 heavy (non-hydrogen) atoms. The van der Waals surface area contributed by atoms with Crippen LogP contribution in [0.5, 0.6) is 0 Å². The Hall–Kier alpha value is -1.43. The lowest BCUT2D eigenvalue weighted by atomic mass is 9.94. The lowest BCUT2D eigenvalue weighted by Gasteiger charge is -2.24. The van der Waals surface area contributed by atoms with Gasteiger partial charge in [-0.3, -0.25) is 0 Å². The lowest BCUT2D eigenvalue weighted by molar-refractivity contribution is -0.00318. The molecule has 0 spiro atoms. The molecule has 1 aliphatic rings. The lowest BCUT2D eigenvalue weighted by Crippen LogP contribution is -2.34. The predicted molar refractivity (Wildman–Crippen MR) is 113 cm³/mol. The molecule has 3 rings (SSSR count). The molecular formula is C23H30ClNO3. The van der Waals surface area contributed by atoms with E-state index in [2.05, 4.69) is 29.6 Å². The van der Waals surface area contributed by atoms with Crippen LogP contribution in [0.3, 0.4) is 0 Å². The molecule has 0 saturated carbocycles. The first-order valence-corrected chi connectivity index (χ1v) is 10.4. The van der Waals surface area contributed by atoms with Crippen LogP contribution in [0.25, 0.3) is 0 Å². The normalized spacial score (nSPS) is 20.0. The Morgan fingerprint density at radius 2 is 1.89 bits per heavy atom. The number of nitrogens with one attached hydrogen (secondary N) is 1. The van der Waals surface area contributed by atoms with Crippen molar-refractivity contribution in [3.8, 4) is 0 Å². The molecule has 152 valence electrons. The van der Waals surface area contributed by atoms with E-state index in [9.17, 15) is 5.11 Å². The Bertz CT molecular complexity index is 689. The first-order chi connectivity index (χ1) is 13.6. The van der Waals surface area contributed by atoms with Gasteiger partial charge in [-0.05, 0) is 48.9 Å². The van der Waals surface area contributed by atoms with Crippen molar-refractivity contribution in [1.29, 1.82) is 0 Å². The molecule has 0 radical (unpaired) electrons. The van der Waals surface area contributed by atoms with Crippen molar-refractivity contribution in [2.24, 2.45) is 5.92 Å².